The van der Waals surface area contributed by atoms with Gasteiger partial charge in [-0.15, -0.1) is 0 Å². The van der Waals surface area contributed by atoms with E-state index in [1.807, 2.05) is 0 Å². The second-order valence-electron chi connectivity index (χ2n) is 5.97. The number of carboxylic acid groups (broad SMARTS) is 1. The Hall–Kier alpha value is -2.08. The highest BCUT2D eigenvalue weighted by atomic mass is 16.5. The Balaban J connectivity index is 1.85. The minimum atomic E-state index is -0.831. The molecule has 0 aliphatic carbocycles. The highest BCUT2D eigenvalue weighted by Gasteiger charge is 2.31. The Morgan fingerprint density at radius 1 is 1.25 bits per heavy atom. The molecule has 0 bridgehead atoms. The van der Waals surface area contributed by atoms with Gasteiger partial charge >= 0.3 is 5.97 Å². The number of likely N-dealkylation sites (tertiary alicyclic amines) is 1. The first-order valence-electron chi connectivity index (χ1n) is 8.52. The van der Waals surface area contributed by atoms with Crippen LogP contribution in [0.5, 0.6) is 5.75 Å². The molecule has 0 aromatic heterocycles. The van der Waals surface area contributed by atoms with Crippen molar-refractivity contribution in [3.63, 3.8) is 0 Å². The Kier molecular flexibility index (Phi) is 6.61. The van der Waals surface area contributed by atoms with Crippen LogP contribution in [0.2, 0.25) is 0 Å². The van der Waals surface area contributed by atoms with Crippen LogP contribution in [-0.4, -0.2) is 66.1 Å². The molecule has 2 rings (SSSR count). The molecular formula is C18H26N2O4. The maximum atomic E-state index is 12.4. The summed E-state index contributed by atoms with van der Waals surface area (Å²) < 4.78 is 5.70. The van der Waals surface area contributed by atoms with E-state index in [1.54, 1.807) is 29.2 Å². The normalized spacial score (nSPS) is 17.3. The first kappa shape index (κ1) is 18.3. The molecule has 6 heteroatoms. The van der Waals surface area contributed by atoms with E-state index in [0.717, 1.165) is 25.4 Å². The van der Waals surface area contributed by atoms with Crippen molar-refractivity contribution in [1.29, 1.82) is 0 Å². The number of carboxylic acids is 1. The fourth-order valence-corrected chi connectivity index (χ4v) is 2.86. The van der Waals surface area contributed by atoms with Crippen molar-refractivity contribution in [2.75, 3.05) is 39.3 Å². The highest BCUT2D eigenvalue weighted by Crippen LogP contribution is 2.20. The molecule has 0 saturated carbocycles. The van der Waals surface area contributed by atoms with Crippen LogP contribution < -0.4 is 4.74 Å². The lowest BCUT2D eigenvalue weighted by molar-refractivity contribution is -0.141. The summed E-state index contributed by atoms with van der Waals surface area (Å²) in [5.41, 5.74) is 0.567. The zero-order valence-electron chi connectivity index (χ0n) is 14.4. The van der Waals surface area contributed by atoms with Crippen LogP contribution in [0.15, 0.2) is 24.3 Å². The highest BCUT2D eigenvalue weighted by molar-refractivity contribution is 5.94. The summed E-state index contributed by atoms with van der Waals surface area (Å²) in [6, 6.07) is 7.06. The van der Waals surface area contributed by atoms with Crippen molar-refractivity contribution in [3.8, 4) is 5.75 Å². The number of rotatable bonds is 8. The molecular weight excluding hydrogens is 308 g/mol. The predicted octanol–water partition coefficient (Wildman–Crippen LogP) is 1.95. The van der Waals surface area contributed by atoms with E-state index >= 15 is 0 Å². The topological polar surface area (TPSA) is 70.1 Å². The van der Waals surface area contributed by atoms with E-state index < -0.39 is 11.9 Å². The van der Waals surface area contributed by atoms with Gasteiger partial charge < -0.3 is 19.6 Å². The first-order chi connectivity index (χ1) is 11.5. The third-order valence-corrected chi connectivity index (χ3v) is 4.50. The summed E-state index contributed by atoms with van der Waals surface area (Å²) in [7, 11) is 0. The van der Waals surface area contributed by atoms with Crippen LogP contribution in [0.1, 0.15) is 30.6 Å². The van der Waals surface area contributed by atoms with Crippen molar-refractivity contribution in [2.24, 2.45) is 5.92 Å². The number of benzene rings is 1. The predicted molar refractivity (Wildman–Crippen MR) is 91.4 cm³/mol. The van der Waals surface area contributed by atoms with Crippen molar-refractivity contribution >= 4 is 11.9 Å². The molecule has 1 amide bonds. The summed E-state index contributed by atoms with van der Waals surface area (Å²) in [4.78, 5) is 27.3. The Bertz CT molecular complexity index is 555. The van der Waals surface area contributed by atoms with E-state index in [0.29, 0.717) is 25.1 Å². The molecule has 1 saturated heterocycles. The maximum Gasteiger partial charge on any atom is 0.308 e. The third-order valence-electron chi connectivity index (χ3n) is 4.50. The number of hydrogen-bond acceptors (Lipinski definition) is 4. The molecule has 0 spiro atoms. The zero-order chi connectivity index (χ0) is 17.5. The average molecular weight is 334 g/mol. The molecule has 1 unspecified atom stereocenters. The molecule has 1 atom stereocenters. The molecule has 1 aliphatic heterocycles. The van der Waals surface area contributed by atoms with Crippen LogP contribution >= 0.6 is 0 Å². The van der Waals surface area contributed by atoms with Gasteiger partial charge in [0, 0.05) is 25.2 Å². The van der Waals surface area contributed by atoms with E-state index in [9.17, 15) is 9.59 Å². The van der Waals surface area contributed by atoms with Crippen LogP contribution in [0.25, 0.3) is 0 Å². The monoisotopic (exact) mass is 334 g/mol. The van der Waals surface area contributed by atoms with E-state index in [1.165, 1.54) is 0 Å². The standard InChI is InChI=1S/C18H26N2O4/c1-3-19(4-2)11-12-24-16-7-5-14(6-8-16)17(21)20-10-9-15(13-20)18(22)23/h5-8,15H,3-4,9-13H2,1-2H3,(H,22,23). The number of aliphatic carboxylic acids is 1. The van der Waals surface area contributed by atoms with Gasteiger partial charge in [-0.2, -0.15) is 0 Å². The lowest BCUT2D eigenvalue weighted by Gasteiger charge is -2.18. The van der Waals surface area contributed by atoms with Gasteiger partial charge in [0.1, 0.15) is 12.4 Å². The van der Waals surface area contributed by atoms with Gasteiger partial charge in [-0.3, -0.25) is 9.59 Å². The molecule has 6 nitrogen and oxygen atoms in total. The van der Waals surface area contributed by atoms with Gasteiger partial charge in [0.2, 0.25) is 0 Å². The molecule has 1 aliphatic rings. The SMILES string of the molecule is CCN(CC)CCOc1ccc(C(=O)N2CCC(C(=O)O)C2)cc1. The molecule has 0 radical (unpaired) electrons. The summed E-state index contributed by atoms with van der Waals surface area (Å²) in [5.74, 6) is -0.657. The minimum absolute atomic E-state index is 0.117. The van der Waals surface area contributed by atoms with E-state index in [-0.39, 0.29) is 12.5 Å². The van der Waals surface area contributed by atoms with Crippen LogP contribution in [0.3, 0.4) is 0 Å². The van der Waals surface area contributed by atoms with Crippen molar-refractivity contribution in [2.45, 2.75) is 20.3 Å². The maximum absolute atomic E-state index is 12.4. The average Bonchev–Trinajstić information content (AvgIpc) is 3.09. The Morgan fingerprint density at radius 2 is 1.92 bits per heavy atom. The van der Waals surface area contributed by atoms with Crippen LogP contribution in [0.4, 0.5) is 0 Å². The summed E-state index contributed by atoms with van der Waals surface area (Å²) >= 11 is 0. The molecule has 24 heavy (non-hydrogen) atoms. The summed E-state index contributed by atoms with van der Waals surface area (Å²) in [6.07, 6.45) is 0.521. The largest absolute Gasteiger partial charge is 0.492 e. The molecule has 1 N–H and O–H groups in total. The quantitative estimate of drug-likeness (QED) is 0.787. The number of ether oxygens (including phenoxy) is 1. The number of carbonyl (C=O) groups excluding carboxylic acids is 1. The number of amides is 1. The molecule has 1 aromatic carbocycles. The van der Waals surface area contributed by atoms with Crippen molar-refractivity contribution in [1.82, 2.24) is 9.80 Å². The second kappa shape index (κ2) is 8.68. The van der Waals surface area contributed by atoms with Crippen molar-refractivity contribution in [3.05, 3.63) is 29.8 Å². The van der Waals surface area contributed by atoms with Crippen molar-refractivity contribution < 1.29 is 19.4 Å². The van der Waals surface area contributed by atoms with Crippen LogP contribution in [0, 0.1) is 5.92 Å². The number of likely N-dealkylation sites (N-methyl/N-ethyl adjacent to an activating group) is 1. The van der Waals surface area contributed by atoms with E-state index in [2.05, 4.69) is 18.7 Å². The molecule has 1 aromatic rings. The first-order valence-corrected chi connectivity index (χ1v) is 8.52. The third kappa shape index (κ3) is 4.71. The zero-order valence-corrected chi connectivity index (χ0v) is 14.4. The fourth-order valence-electron chi connectivity index (χ4n) is 2.86. The fraction of sp³-hybridized carbons (Fsp3) is 0.556. The minimum Gasteiger partial charge on any atom is -0.492 e. The van der Waals surface area contributed by atoms with Gasteiger partial charge in [-0.05, 0) is 43.8 Å². The number of carbonyl (C=O) groups is 2. The van der Waals surface area contributed by atoms with Gasteiger partial charge in [0.05, 0.1) is 5.92 Å². The smallest absolute Gasteiger partial charge is 0.308 e. The lowest BCUT2D eigenvalue weighted by Crippen LogP contribution is -2.30. The van der Waals surface area contributed by atoms with Gasteiger partial charge in [-0.25, -0.2) is 0 Å². The van der Waals surface area contributed by atoms with Gasteiger partial charge in [-0.1, -0.05) is 13.8 Å². The van der Waals surface area contributed by atoms with Crippen LogP contribution in [-0.2, 0) is 4.79 Å². The number of nitrogens with zero attached hydrogens (tertiary/aromatic N) is 2. The Morgan fingerprint density at radius 3 is 2.46 bits per heavy atom. The molecule has 132 valence electrons. The summed E-state index contributed by atoms with van der Waals surface area (Å²) in [6.45, 7) is 8.52. The second-order valence-corrected chi connectivity index (χ2v) is 5.97. The van der Waals surface area contributed by atoms with E-state index in [4.69, 9.17) is 9.84 Å². The molecule has 1 fully saturated rings. The lowest BCUT2D eigenvalue weighted by atomic mass is 10.1. The van der Waals surface area contributed by atoms with Gasteiger partial charge in [0.25, 0.3) is 5.91 Å². The van der Waals surface area contributed by atoms with Gasteiger partial charge in [0.15, 0.2) is 0 Å². The molecule has 1 heterocycles. The summed E-state index contributed by atoms with van der Waals surface area (Å²) in [5, 5.41) is 9.02. The number of hydrogen-bond donors (Lipinski definition) is 1. The Labute approximate surface area is 143 Å².